The Morgan fingerprint density at radius 2 is 1.65 bits per heavy atom. The predicted octanol–water partition coefficient (Wildman–Crippen LogP) is 3.86. The minimum atomic E-state index is -0.0857. The Balaban J connectivity index is 2.15. The van der Waals surface area contributed by atoms with Crippen LogP contribution in [0.5, 0.6) is 0 Å². The van der Waals surface area contributed by atoms with Crippen LogP contribution in [-0.2, 0) is 4.74 Å². The molecule has 0 saturated heterocycles. The average Bonchev–Trinajstić information content (AvgIpc) is 2.49. The lowest BCUT2D eigenvalue weighted by Crippen LogP contribution is -2.07. The highest BCUT2D eigenvalue weighted by atomic mass is 16.5. The van der Waals surface area contributed by atoms with Crippen molar-refractivity contribution in [3.05, 3.63) is 78.2 Å². The Morgan fingerprint density at radius 3 is 2.25 bits per heavy atom. The summed E-state index contributed by atoms with van der Waals surface area (Å²) in [6, 6.07) is 18.7. The van der Waals surface area contributed by atoms with Crippen molar-refractivity contribution in [1.29, 1.82) is 0 Å². The zero-order valence-corrected chi connectivity index (χ0v) is 11.4. The SMILES string of the molecule is CCOC(=CC(=O)c1ccccc1)Nc1ccccc1. The highest BCUT2D eigenvalue weighted by Crippen LogP contribution is 2.11. The molecule has 0 aliphatic carbocycles. The van der Waals surface area contributed by atoms with Gasteiger partial charge in [0.15, 0.2) is 11.7 Å². The van der Waals surface area contributed by atoms with Gasteiger partial charge in [0, 0.05) is 17.3 Å². The van der Waals surface area contributed by atoms with E-state index in [0.29, 0.717) is 18.1 Å². The third-order valence-electron chi connectivity index (χ3n) is 2.66. The van der Waals surface area contributed by atoms with Crippen molar-refractivity contribution in [1.82, 2.24) is 0 Å². The first kappa shape index (κ1) is 13.9. The number of nitrogens with one attached hydrogen (secondary N) is 1. The van der Waals surface area contributed by atoms with Crippen molar-refractivity contribution >= 4 is 11.5 Å². The number of ether oxygens (including phenoxy) is 1. The summed E-state index contributed by atoms with van der Waals surface area (Å²) in [5.74, 6) is 0.366. The van der Waals surface area contributed by atoms with Gasteiger partial charge in [0.05, 0.1) is 6.61 Å². The number of anilines is 1. The number of para-hydroxylation sites is 1. The van der Waals surface area contributed by atoms with Gasteiger partial charge in [-0.05, 0) is 19.1 Å². The molecule has 2 aromatic rings. The van der Waals surface area contributed by atoms with E-state index in [1.807, 2.05) is 55.5 Å². The molecule has 0 unspecified atom stereocenters. The van der Waals surface area contributed by atoms with Gasteiger partial charge in [0.25, 0.3) is 0 Å². The van der Waals surface area contributed by atoms with Gasteiger partial charge < -0.3 is 10.1 Å². The minimum absolute atomic E-state index is 0.0857. The van der Waals surface area contributed by atoms with Crippen LogP contribution in [0, 0.1) is 0 Å². The van der Waals surface area contributed by atoms with Gasteiger partial charge >= 0.3 is 0 Å². The molecular formula is C17H17NO2. The van der Waals surface area contributed by atoms with Gasteiger partial charge in [-0.3, -0.25) is 4.79 Å². The number of rotatable bonds is 6. The predicted molar refractivity (Wildman–Crippen MR) is 80.5 cm³/mol. The molecule has 2 rings (SSSR count). The normalized spacial score (nSPS) is 10.9. The molecular weight excluding hydrogens is 250 g/mol. The number of carbonyl (C=O) groups excluding carboxylic acids is 1. The standard InChI is InChI=1S/C17H17NO2/c1-2-20-17(18-15-11-7-4-8-12-15)13-16(19)14-9-5-3-6-10-14/h3-13,18H,2H2,1H3. The topological polar surface area (TPSA) is 38.3 Å². The highest BCUT2D eigenvalue weighted by molar-refractivity contribution is 6.04. The van der Waals surface area contributed by atoms with E-state index in [1.165, 1.54) is 6.08 Å². The molecule has 0 atom stereocenters. The van der Waals surface area contributed by atoms with Crippen LogP contribution < -0.4 is 5.32 Å². The van der Waals surface area contributed by atoms with Crippen LogP contribution in [0.2, 0.25) is 0 Å². The Hall–Kier alpha value is -2.55. The summed E-state index contributed by atoms with van der Waals surface area (Å²) in [4.78, 5) is 12.1. The van der Waals surface area contributed by atoms with Gasteiger partial charge in [-0.1, -0.05) is 48.5 Å². The number of allylic oxidation sites excluding steroid dienone is 1. The molecule has 0 radical (unpaired) electrons. The molecule has 3 nitrogen and oxygen atoms in total. The zero-order chi connectivity index (χ0) is 14.2. The monoisotopic (exact) mass is 267 g/mol. The second-order valence-electron chi connectivity index (χ2n) is 4.16. The molecule has 0 aliphatic rings. The fourth-order valence-electron chi connectivity index (χ4n) is 1.74. The quantitative estimate of drug-likeness (QED) is 0.490. The largest absolute Gasteiger partial charge is 0.479 e. The molecule has 0 heterocycles. The summed E-state index contributed by atoms with van der Waals surface area (Å²) in [5.41, 5.74) is 1.52. The summed E-state index contributed by atoms with van der Waals surface area (Å²) < 4.78 is 5.47. The molecule has 0 saturated carbocycles. The second-order valence-corrected chi connectivity index (χ2v) is 4.16. The summed E-state index contributed by atoms with van der Waals surface area (Å²) in [6.45, 7) is 2.38. The lowest BCUT2D eigenvalue weighted by atomic mass is 10.1. The van der Waals surface area contributed by atoms with E-state index in [9.17, 15) is 4.79 Å². The van der Waals surface area contributed by atoms with E-state index < -0.39 is 0 Å². The van der Waals surface area contributed by atoms with Crippen molar-refractivity contribution < 1.29 is 9.53 Å². The molecule has 0 spiro atoms. The van der Waals surface area contributed by atoms with E-state index >= 15 is 0 Å². The molecule has 0 amide bonds. The smallest absolute Gasteiger partial charge is 0.195 e. The van der Waals surface area contributed by atoms with E-state index in [2.05, 4.69) is 5.32 Å². The lowest BCUT2D eigenvalue weighted by molar-refractivity contribution is 0.104. The second kappa shape index (κ2) is 7.14. The number of ketones is 1. The number of benzene rings is 2. The van der Waals surface area contributed by atoms with E-state index in [0.717, 1.165) is 5.69 Å². The molecule has 102 valence electrons. The van der Waals surface area contributed by atoms with Crippen LogP contribution in [0.15, 0.2) is 72.6 Å². The molecule has 3 heteroatoms. The van der Waals surface area contributed by atoms with Crippen LogP contribution in [0.4, 0.5) is 5.69 Å². The van der Waals surface area contributed by atoms with Gasteiger partial charge in [0.1, 0.15) is 0 Å². The molecule has 2 aromatic carbocycles. The zero-order valence-electron chi connectivity index (χ0n) is 11.4. The molecule has 0 aliphatic heterocycles. The van der Waals surface area contributed by atoms with Gasteiger partial charge in [-0.15, -0.1) is 0 Å². The Labute approximate surface area is 118 Å². The van der Waals surface area contributed by atoms with Crippen LogP contribution in [0.1, 0.15) is 17.3 Å². The van der Waals surface area contributed by atoms with Crippen molar-refractivity contribution in [3.8, 4) is 0 Å². The number of carbonyl (C=O) groups is 1. The average molecular weight is 267 g/mol. The van der Waals surface area contributed by atoms with Crippen LogP contribution >= 0.6 is 0 Å². The summed E-state index contributed by atoms with van der Waals surface area (Å²) in [6.07, 6.45) is 1.48. The Morgan fingerprint density at radius 1 is 1.05 bits per heavy atom. The fourth-order valence-corrected chi connectivity index (χ4v) is 1.74. The first-order valence-electron chi connectivity index (χ1n) is 6.55. The Kier molecular flexibility index (Phi) is 4.95. The maximum Gasteiger partial charge on any atom is 0.195 e. The van der Waals surface area contributed by atoms with Crippen molar-refractivity contribution in [2.75, 3.05) is 11.9 Å². The minimum Gasteiger partial charge on any atom is -0.479 e. The molecule has 1 N–H and O–H groups in total. The first-order chi connectivity index (χ1) is 9.79. The van der Waals surface area contributed by atoms with Gasteiger partial charge in [-0.25, -0.2) is 0 Å². The van der Waals surface area contributed by atoms with Crippen LogP contribution in [-0.4, -0.2) is 12.4 Å². The summed E-state index contributed by atoms with van der Waals surface area (Å²) >= 11 is 0. The molecule has 0 aromatic heterocycles. The fraction of sp³-hybridized carbons (Fsp3) is 0.118. The first-order valence-corrected chi connectivity index (χ1v) is 6.55. The van der Waals surface area contributed by atoms with Crippen LogP contribution in [0.25, 0.3) is 0 Å². The maximum absolute atomic E-state index is 12.1. The molecule has 0 bridgehead atoms. The number of hydrogen-bond acceptors (Lipinski definition) is 3. The van der Waals surface area contributed by atoms with Crippen molar-refractivity contribution in [3.63, 3.8) is 0 Å². The maximum atomic E-state index is 12.1. The summed E-state index contributed by atoms with van der Waals surface area (Å²) in [7, 11) is 0. The van der Waals surface area contributed by atoms with Crippen molar-refractivity contribution in [2.24, 2.45) is 0 Å². The van der Waals surface area contributed by atoms with Gasteiger partial charge in [0.2, 0.25) is 0 Å². The van der Waals surface area contributed by atoms with Crippen LogP contribution in [0.3, 0.4) is 0 Å². The van der Waals surface area contributed by atoms with E-state index in [4.69, 9.17) is 4.74 Å². The van der Waals surface area contributed by atoms with Crippen molar-refractivity contribution in [2.45, 2.75) is 6.92 Å². The highest BCUT2D eigenvalue weighted by Gasteiger charge is 2.05. The van der Waals surface area contributed by atoms with E-state index in [-0.39, 0.29) is 5.78 Å². The van der Waals surface area contributed by atoms with Gasteiger partial charge in [-0.2, -0.15) is 0 Å². The lowest BCUT2D eigenvalue weighted by Gasteiger charge is -2.11. The molecule has 0 fully saturated rings. The third kappa shape index (κ3) is 3.99. The number of hydrogen-bond donors (Lipinski definition) is 1. The van der Waals surface area contributed by atoms with E-state index in [1.54, 1.807) is 12.1 Å². The Bertz CT molecular complexity index is 576. The molecule has 20 heavy (non-hydrogen) atoms. The summed E-state index contributed by atoms with van der Waals surface area (Å²) in [5, 5.41) is 3.10. The third-order valence-corrected chi connectivity index (χ3v) is 2.66.